The molecule has 1 aliphatic heterocycles. The summed E-state index contributed by atoms with van der Waals surface area (Å²) in [6.45, 7) is 2.52. The van der Waals surface area contributed by atoms with E-state index in [1.165, 1.54) is 0 Å². The standard InChI is InChI=1S/C20H25NO3S/c1-16-7-13-19(14-8-16)25(22,23)21-15-5-3-4-6-20(21)17-9-11-18(24-2)12-10-17/h7-14,20H,3-6,15H2,1-2H3/t20-/m0/s1. The largest absolute Gasteiger partial charge is 0.497 e. The maximum Gasteiger partial charge on any atom is 0.243 e. The molecule has 1 saturated heterocycles. The minimum absolute atomic E-state index is 0.125. The predicted octanol–water partition coefficient (Wildman–Crippen LogP) is 4.31. The molecule has 1 fully saturated rings. The number of rotatable bonds is 4. The topological polar surface area (TPSA) is 46.6 Å². The van der Waals surface area contributed by atoms with Crippen LogP contribution in [0.25, 0.3) is 0 Å². The summed E-state index contributed by atoms with van der Waals surface area (Å²) < 4.78 is 33.4. The van der Waals surface area contributed by atoms with Crippen molar-refractivity contribution in [3.8, 4) is 5.75 Å². The molecular formula is C20H25NO3S. The Bertz CT molecular complexity index is 798. The smallest absolute Gasteiger partial charge is 0.243 e. The van der Waals surface area contributed by atoms with Crippen molar-refractivity contribution in [3.63, 3.8) is 0 Å². The lowest BCUT2D eigenvalue weighted by Gasteiger charge is -2.29. The van der Waals surface area contributed by atoms with Gasteiger partial charge in [-0.25, -0.2) is 8.42 Å². The van der Waals surface area contributed by atoms with E-state index < -0.39 is 10.0 Å². The van der Waals surface area contributed by atoms with Gasteiger partial charge in [-0.1, -0.05) is 42.7 Å². The molecule has 0 aliphatic carbocycles. The first-order valence-corrected chi connectivity index (χ1v) is 10.2. The highest BCUT2D eigenvalue weighted by Gasteiger charge is 2.33. The molecule has 5 heteroatoms. The molecule has 0 saturated carbocycles. The molecule has 3 rings (SSSR count). The number of hydrogen-bond donors (Lipinski definition) is 0. The molecule has 25 heavy (non-hydrogen) atoms. The molecule has 0 bridgehead atoms. The fourth-order valence-corrected chi connectivity index (χ4v) is 5.06. The molecule has 134 valence electrons. The minimum Gasteiger partial charge on any atom is -0.497 e. The molecule has 2 aromatic carbocycles. The summed E-state index contributed by atoms with van der Waals surface area (Å²) in [5, 5.41) is 0. The molecule has 0 spiro atoms. The fourth-order valence-electron chi connectivity index (χ4n) is 3.37. The van der Waals surface area contributed by atoms with Gasteiger partial charge in [0.2, 0.25) is 10.0 Å². The second kappa shape index (κ2) is 7.58. The SMILES string of the molecule is COc1ccc([C@@H]2CCCCCN2S(=O)(=O)c2ccc(C)cc2)cc1. The third-order valence-corrected chi connectivity index (χ3v) is 6.75. The number of nitrogens with zero attached hydrogens (tertiary/aromatic N) is 1. The maximum absolute atomic E-state index is 13.3. The van der Waals surface area contributed by atoms with E-state index in [0.29, 0.717) is 11.4 Å². The minimum atomic E-state index is -3.51. The molecule has 1 aliphatic rings. The van der Waals surface area contributed by atoms with Crippen LogP contribution in [0.15, 0.2) is 53.4 Å². The van der Waals surface area contributed by atoms with E-state index in [0.717, 1.165) is 42.6 Å². The predicted molar refractivity (Wildman–Crippen MR) is 99.3 cm³/mol. The molecule has 1 atom stereocenters. The lowest BCUT2D eigenvalue weighted by Crippen LogP contribution is -2.34. The average Bonchev–Trinajstić information content (AvgIpc) is 2.89. The van der Waals surface area contributed by atoms with Gasteiger partial charge in [0, 0.05) is 6.54 Å². The van der Waals surface area contributed by atoms with E-state index in [4.69, 9.17) is 4.74 Å². The van der Waals surface area contributed by atoms with Crippen molar-refractivity contribution in [2.75, 3.05) is 13.7 Å². The zero-order chi connectivity index (χ0) is 17.9. The van der Waals surface area contributed by atoms with E-state index in [2.05, 4.69) is 0 Å². The first-order valence-electron chi connectivity index (χ1n) is 8.75. The van der Waals surface area contributed by atoms with Crippen LogP contribution in [-0.2, 0) is 10.0 Å². The van der Waals surface area contributed by atoms with Crippen LogP contribution in [0.5, 0.6) is 5.75 Å². The Hall–Kier alpha value is -1.85. The Balaban J connectivity index is 1.98. The maximum atomic E-state index is 13.3. The summed E-state index contributed by atoms with van der Waals surface area (Å²) in [5.74, 6) is 0.783. The van der Waals surface area contributed by atoms with Crippen molar-refractivity contribution in [1.29, 1.82) is 0 Å². The molecule has 0 aromatic heterocycles. The van der Waals surface area contributed by atoms with Crippen LogP contribution in [0.2, 0.25) is 0 Å². The lowest BCUT2D eigenvalue weighted by atomic mass is 10.0. The van der Waals surface area contributed by atoms with Gasteiger partial charge in [0.1, 0.15) is 5.75 Å². The van der Waals surface area contributed by atoms with Crippen molar-refractivity contribution >= 4 is 10.0 Å². The second-order valence-corrected chi connectivity index (χ2v) is 8.46. The van der Waals surface area contributed by atoms with Gasteiger partial charge < -0.3 is 4.74 Å². The highest BCUT2D eigenvalue weighted by atomic mass is 32.2. The number of benzene rings is 2. The van der Waals surface area contributed by atoms with Gasteiger partial charge in [-0.2, -0.15) is 4.31 Å². The molecule has 0 N–H and O–H groups in total. The van der Waals surface area contributed by atoms with Crippen molar-refractivity contribution < 1.29 is 13.2 Å². The van der Waals surface area contributed by atoms with E-state index in [1.807, 2.05) is 43.3 Å². The summed E-state index contributed by atoms with van der Waals surface area (Å²) in [4.78, 5) is 0.374. The Morgan fingerprint density at radius 1 is 0.960 bits per heavy atom. The Labute approximate surface area is 150 Å². The highest BCUT2D eigenvalue weighted by molar-refractivity contribution is 7.89. The van der Waals surface area contributed by atoms with Gasteiger partial charge in [-0.3, -0.25) is 0 Å². The van der Waals surface area contributed by atoms with Gasteiger partial charge in [-0.15, -0.1) is 0 Å². The normalized spacial score (nSPS) is 19.4. The average molecular weight is 359 g/mol. The van der Waals surface area contributed by atoms with Gasteiger partial charge in [0.15, 0.2) is 0 Å². The van der Waals surface area contributed by atoms with Crippen LogP contribution in [0, 0.1) is 6.92 Å². The van der Waals surface area contributed by atoms with E-state index in [-0.39, 0.29) is 6.04 Å². The van der Waals surface area contributed by atoms with Crippen LogP contribution in [0.1, 0.15) is 42.9 Å². The Morgan fingerprint density at radius 2 is 1.64 bits per heavy atom. The van der Waals surface area contributed by atoms with E-state index in [9.17, 15) is 8.42 Å². The summed E-state index contributed by atoms with van der Waals surface area (Å²) in [5.41, 5.74) is 2.08. The summed E-state index contributed by atoms with van der Waals surface area (Å²) in [6.07, 6.45) is 3.85. The van der Waals surface area contributed by atoms with Crippen LogP contribution in [-0.4, -0.2) is 26.4 Å². The first kappa shape index (κ1) is 18.0. The zero-order valence-corrected chi connectivity index (χ0v) is 15.6. The first-order chi connectivity index (χ1) is 12.0. The second-order valence-electron chi connectivity index (χ2n) is 6.57. The number of methoxy groups -OCH3 is 1. The quantitative estimate of drug-likeness (QED) is 0.817. The molecule has 4 nitrogen and oxygen atoms in total. The van der Waals surface area contributed by atoms with Gasteiger partial charge >= 0.3 is 0 Å². The van der Waals surface area contributed by atoms with Crippen LogP contribution in [0.4, 0.5) is 0 Å². The lowest BCUT2D eigenvalue weighted by molar-refractivity contribution is 0.328. The number of aryl methyl sites for hydroxylation is 1. The Morgan fingerprint density at radius 3 is 2.28 bits per heavy atom. The highest BCUT2D eigenvalue weighted by Crippen LogP contribution is 2.35. The third-order valence-electron chi connectivity index (χ3n) is 4.83. The summed E-state index contributed by atoms with van der Waals surface area (Å²) >= 11 is 0. The van der Waals surface area contributed by atoms with E-state index >= 15 is 0 Å². The molecule has 0 unspecified atom stereocenters. The Kier molecular flexibility index (Phi) is 5.45. The van der Waals surface area contributed by atoms with Gasteiger partial charge in [0.05, 0.1) is 18.0 Å². The van der Waals surface area contributed by atoms with Crippen LogP contribution < -0.4 is 4.74 Å². The van der Waals surface area contributed by atoms with Crippen LogP contribution >= 0.6 is 0 Å². The zero-order valence-electron chi connectivity index (χ0n) is 14.8. The molecule has 1 heterocycles. The van der Waals surface area contributed by atoms with Gasteiger partial charge in [-0.05, 0) is 49.6 Å². The fraction of sp³-hybridized carbons (Fsp3) is 0.400. The molecule has 0 amide bonds. The number of sulfonamides is 1. The molecule has 2 aromatic rings. The van der Waals surface area contributed by atoms with Gasteiger partial charge in [0.25, 0.3) is 0 Å². The molecular weight excluding hydrogens is 334 g/mol. The van der Waals surface area contributed by atoms with Crippen molar-refractivity contribution in [2.24, 2.45) is 0 Å². The van der Waals surface area contributed by atoms with E-state index in [1.54, 1.807) is 23.5 Å². The number of ether oxygens (including phenoxy) is 1. The summed E-state index contributed by atoms with van der Waals surface area (Å²) in [6, 6.07) is 14.8. The van der Waals surface area contributed by atoms with Crippen molar-refractivity contribution in [3.05, 3.63) is 59.7 Å². The van der Waals surface area contributed by atoms with Crippen molar-refractivity contribution in [2.45, 2.75) is 43.5 Å². The van der Waals surface area contributed by atoms with Crippen molar-refractivity contribution in [1.82, 2.24) is 4.31 Å². The third kappa shape index (κ3) is 3.88. The summed E-state index contributed by atoms with van der Waals surface area (Å²) in [7, 11) is -1.88. The number of hydrogen-bond acceptors (Lipinski definition) is 3. The molecule has 0 radical (unpaired) electrons. The monoisotopic (exact) mass is 359 g/mol. The van der Waals surface area contributed by atoms with Crippen LogP contribution in [0.3, 0.4) is 0 Å².